The summed E-state index contributed by atoms with van der Waals surface area (Å²) in [6.45, 7) is 0.206. The second-order valence-electron chi connectivity index (χ2n) is 2.03. The Morgan fingerprint density at radius 3 is 3.00 bits per heavy atom. The minimum Gasteiger partial charge on any atom is -0.392 e. The molecule has 0 saturated carbocycles. The van der Waals surface area contributed by atoms with Crippen molar-refractivity contribution in [3.8, 4) is 0 Å². The number of aliphatic hydroxyl groups excluding tert-OH is 1. The second kappa shape index (κ2) is 3.37. The van der Waals surface area contributed by atoms with Crippen molar-refractivity contribution >= 4 is 22.6 Å². The van der Waals surface area contributed by atoms with Crippen LogP contribution in [-0.2, 0) is 0 Å². The van der Waals surface area contributed by atoms with Crippen LogP contribution in [0.4, 0.5) is 0 Å². The van der Waals surface area contributed by atoms with Gasteiger partial charge in [-0.25, -0.2) is 0 Å². The Balaban J connectivity index is 2.63. The van der Waals surface area contributed by atoms with Gasteiger partial charge in [0, 0.05) is 3.92 Å². The lowest BCUT2D eigenvalue weighted by Crippen LogP contribution is -2.06. The van der Waals surface area contributed by atoms with Gasteiger partial charge in [0.15, 0.2) is 0 Å². The number of alkyl halides is 1. The quantitative estimate of drug-likeness (QED) is 0.542. The van der Waals surface area contributed by atoms with Crippen molar-refractivity contribution in [1.29, 1.82) is 0 Å². The molecule has 1 rings (SSSR count). The molecule has 1 N–H and O–H groups in total. The van der Waals surface area contributed by atoms with E-state index in [0.29, 0.717) is 3.92 Å². The molecule has 0 aromatic heterocycles. The summed E-state index contributed by atoms with van der Waals surface area (Å²) in [5.41, 5.74) is 1.14. The Morgan fingerprint density at radius 2 is 2.56 bits per heavy atom. The van der Waals surface area contributed by atoms with Crippen LogP contribution >= 0.6 is 22.6 Å². The number of aliphatic hydroxyl groups is 1. The minimum atomic E-state index is 0.206. The Labute approximate surface area is 68.6 Å². The van der Waals surface area contributed by atoms with Gasteiger partial charge in [-0.15, -0.1) is 0 Å². The summed E-state index contributed by atoms with van der Waals surface area (Å²) >= 11 is 2.34. The molecule has 1 unspecified atom stereocenters. The van der Waals surface area contributed by atoms with E-state index in [9.17, 15) is 0 Å². The Kier molecular flexibility index (Phi) is 2.72. The third-order valence-corrected chi connectivity index (χ3v) is 2.68. The highest BCUT2D eigenvalue weighted by atomic mass is 127. The maximum Gasteiger partial charge on any atom is 0.0655 e. The summed E-state index contributed by atoms with van der Waals surface area (Å²) in [5.74, 6) is 0. The predicted molar refractivity (Wildman–Crippen MR) is 46.7 cm³/mol. The van der Waals surface area contributed by atoms with Gasteiger partial charge < -0.3 is 5.11 Å². The highest BCUT2D eigenvalue weighted by Crippen LogP contribution is 2.20. The van der Waals surface area contributed by atoms with Crippen molar-refractivity contribution in [2.45, 2.75) is 10.3 Å². The monoisotopic (exact) mass is 236 g/mol. The lowest BCUT2D eigenvalue weighted by Gasteiger charge is -2.11. The van der Waals surface area contributed by atoms with E-state index in [1.165, 1.54) is 0 Å². The molecule has 0 aromatic rings. The van der Waals surface area contributed by atoms with Gasteiger partial charge in [-0.3, -0.25) is 0 Å². The lowest BCUT2D eigenvalue weighted by molar-refractivity contribution is 0.328. The van der Waals surface area contributed by atoms with E-state index < -0.39 is 0 Å². The molecule has 0 saturated heterocycles. The third kappa shape index (κ3) is 1.79. The first kappa shape index (κ1) is 7.28. The fourth-order valence-electron chi connectivity index (χ4n) is 0.797. The van der Waals surface area contributed by atoms with Crippen LogP contribution in [0.3, 0.4) is 0 Å². The maximum absolute atomic E-state index is 8.75. The van der Waals surface area contributed by atoms with Crippen LogP contribution in [0.5, 0.6) is 0 Å². The Morgan fingerprint density at radius 1 is 1.78 bits per heavy atom. The number of hydrogen-bond donors (Lipinski definition) is 1. The summed E-state index contributed by atoms with van der Waals surface area (Å²) in [7, 11) is 0. The summed E-state index contributed by atoms with van der Waals surface area (Å²) in [6.07, 6.45) is 7.17. The molecule has 9 heavy (non-hydrogen) atoms. The minimum absolute atomic E-state index is 0.206. The van der Waals surface area contributed by atoms with Crippen molar-refractivity contribution in [2.75, 3.05) is 6.61 Å². The first-order valence-corrected chi connectivity index (χ1v) is 4.19. The van der Waals surface area contributed by atoms with E-state index in [1.807, 2.05) is 12.2 Å². The standard InChI is InChI=1S/C7H9IO/c8-7-4-2-1-3-6(7)5-9/h1-3,7,9H,4-5H2. The van der Waals surface area contributed by atoms with Gasteiger partial charge in [0.1, 0.15) is 0 Å². The Hall–Kier alpha value is 0.170. The molecule has 50 valence electrons. The molecule has 0 amide bonds. The van der Waals surface area contributed by atoms with Crippen LogP contribution in [0.15, 0.2) is 23.8 Å². The number of rotatable bonds is 1. The summed E-state index contributed by atoms with van der Waals surface area (Å²) < 4.78 is 0.512. The van der Waals surface area contributed by atoms with Crippen molar-refractivity contribution in [2.24, 2.45) is 0 Å². The van der Waals surface area contributed by atoms with Crippen LogP contribution in [0.2, 0.25) is 0 Å². The topological polar surface area (TPSA) is 20.2 Å². The number of halogens is 1. The molecule has 1 aliphatic rings. The van der Waals surface area contributed by atoms with Crippen LogP contribution in [0.25, 0.3) is 0 Å². The summed E-state index contributed by atoms with van der Waals surface area (Å²) in [6, 6.07) is 0. The summed E-state index contributed by atoms with van der Waals surface area (Å²) in [5, 5.41) is 8.75. The maximum atomic E-state index is 8.75. The van der Waals surface area contributed by atoms with Crippen molar-refractivity contribution in [3.05, 3.63) is 23.8 Å². The van der Waals surface area contributed by atoms with Crippen molar-refractivity contribution < 1.29 is 5.11 Å². The molecule has 0 radical (unpaired) electrons. The molecule has 0 bridgehead atoms. The van der Waals surface area contributed by atoms with E-state index in [2.05, 4.69) is 28.7 Å². The molecule has 0 spiro atoms. The number of allylic oxidation sites excluding steroid dienone is 3. The fourth-order valence-corrected chi connectivity index (χ4v) is 1.50. The van der Waals surface area contributed by atoms with E-state index in [4.69, 9.17) is 5.11 Å². The third-order valence-electron chi connectivity index (χ3n) is 1.37. The normalized spacial score (nSPS) is 26.0. The molecule has 0 aliphatic heterocycles. The average Bonchev–Trinajstić information content (AvgIpc) is 1.89. The first-order valence-electron chi connectivity index (χ1n) is 2.95. The van der Waals surface area contributed by atoms with Gasteiger partial charge >= 0.3 is 0 Å². The van der Waals surface area contributed by atoms with Crippen molar-refractivity contribution in [1.82, 2.24) is 0 Å². The van der Waals surface area contributed by atoms with Crippen LogP contribution in [-0.4, -0.2) is 15.6 Å². The Bertz CT molecular complexity index is 149. The van der Waals surface area contributed by atoms with E-state index in [0.717, 1.165) is 12.0 Å². The highest BCUT2D eigenvalue weighted by Gasteiger charge is 2.08. The number of hydrogen-bond acceptors (Lipinski definition) is 1. The van der Waals surface area contributed by atoms with Crippen LogP contribution in [0, 0.1) is 0 Å². The first-order chi connectivity index (χ1) is 4.34. The van der Waals surface area contributed by atoms with E-state index >= 15 is 0 Å². The zero-order valence-electron chi connectivity index (χ0n) is 5.05. The van der Waals surface area contributed by atoms with Gasteiger partial charge in [0.25, 0.3) is 0 Å². The summed E-state index contributed by atoms with van der Waals surface area (Å²) in [4.78, 5) is 0. The van der Waals surface area contributed by atoms with E-state index in [-0.39, 0.29) is 6.61 Å². The average molecular weight is 236 g/mol. The van der Waals surface area contributed by atoms with Gasteiger partial charge in [0.05, 0.1) is 6.61 Å². The van der Waals surface area contributed by atoms with Crippen molar-refractivity contribution in [3.63, 3.8) is 0 Å². The predicted octanol–water partition coefficient (Wildman–Crippen LogP) is 1.67. The second-order valence-corrected chi connectivity index (χ2v) is 3.53. The zero-order chi connectivity index (χ0) is 6.69. The SMILES string of the molecule is OCC1=CC=CCC1I. The fraction of sp³-hybridized carbons (Fsp3) is 0.429. The van der Waals surface area contributed by atoms with Gasteiger partial charge in [0.2, 0.25) is 0 Å². The molecule has 0 heterocycles. The molecule has 2 heteroatoms. The molecule has 0 aromatic carbocycles. The molecule has 1 atom stereocenters. The van der Waals surface area contributed by atoms with Crippen LogP contribution in [0.1, 0.15) is 6.42 Å². The van der Waals surface area contributed by atoms with Gasteiger partial charge in [-0.05, 0) is 12.0 Å². The molecule has 0 fully saturated rings. The van der Waals surface area contributed by atoms with E-state index in [1.54, 1.807) is 0 Å². The lowest BCUT2D eigenvalue weighted by atomic mass is 10.1. The molecule has 1 aliphatic carbocycles. The molecule has 1 nitrogen and oxygen atoms in total. The molecular weight excluding hydrogens is 227 g/mol. The van der Waals surface area contributed by atoms with Crippen LogP contribution < -0.4 is 0 Å². The molecular formula is C7H9IO. The largest absolute Gasteiger partial charge is 0.392 e. The van der Waals surface area contributed by atoms with Gasteiger partial charge in [-0.2, -0.15) is 0 Å². The van der Waals surface area contributed by atoms with Gasteiger partial charge in [-0.1, -0.05) is 40.8 Å². The highest BCUT2D eigenvalue weighted by molar-refractivity contribution is 14.1. The zero-order valence-corrected chi connectivity index (χ0v) is 7.21. The smallest absolute Gasteiger partial charge is 0.0655 e.